The van der Waals surface area contributed by atoms with Gasteiger partial charge in [-0.15, -0.1) is 0 Å². The lowest BCUT2D eigenvalue weighted by atomic mass is 10.1. The van der Waals surface area contributed by atoms with Gasteiger partial charge in [-0.1, -0.05) is 17.4 Å². The molecule has 118 valence electrons. The molecule has 0 aliphatic rings. The van der Waals surface area contributed by atoms with Crippen molar-refractivity contribution in [3.8, 4) is 11.1 Å². The second kappa shape index (κ2) is 5.51. The average Bonchev–Trinajstić information content (AvgIpc) is 2.86. The molecule has 23 heavy (non-hydrogen) atoms. The topological polar surface area (TPSA) is 75.1 Å². The number of halogens is 3. The lowest BCUT2D eigenvalue weighted by Gasteiger charge is -2.08. The van der Waals surface area contributed by atoms with Crippen LogP contribution in [0.25, 0.3) is 21.3 Å². The smallest absolute Gasteiger partial charge is 0.417 e. The van der Waals surface area contributed by atoms with E-state index in [1.807, 2.05) is 0 Å². The number of nitrogens with zero attached hydrogens (tertiary/aromatic N) is 2. The Bertz CT molecular complexity index is 892. The fourth-order valence-electron chi connectivity index (χ4n) is 2.00. The summed E-state index contributed by atoms with van der Waals surface area (Å²) in [4.78, 5) is 18.3. The summed E-state index contributed by atoms with van der Waals surface area (Å²) in [6.45, 7) is 0. The summed E-state index contributed by atoms with van der Waals surface area (Å²) >= 11 is 1.10. The highest BCUT2D eigenvalue weighted by atomic mass is 32.1. The van der Waals surface area contributed by atoms with Crippen LogP contribution < -0.4 is 5.32 Å². The van der Waals surface area contributed by atoms with Gasteiger partial charge in [-0.3, -0.25) is 10.3 Å². The molecule has 1 amide bonds. The molecule has 0 spiro atoms. The van der Waals surface area contributed by atoms with E-state index in [4.69, 9.17) is 5.11 Å². The summed E-state index contributed by atoms with van der Waals surface area (Å²) in [5.74, 6) is 0. The zero-order valence-electron chi connectivity index (χ0n) is 11.3. The first-order valence-electron chi connectivity index (χ1n) is 6.26. The molecular weight excluding hydrogens is 331 g/mol. The Balaban J connectivity index is 2.02. The van der Waals surface area contributed by atoms with Crippen LogP contribution >= 0.6 is 11.3 Å². The second-order valence-electron chi connectivity index (χ2n) is 4.59. The summed E-state index contributed by atoms with van der Waals surface area (Å²) in [5, 5.41) is 11.0. The molecule has 0 saturated carbocycles. The molecule has 0 saturated heterocycles. The molecule has 0 unspecified atom stereocenters. The van der Waals surface area contributed by atoms with E-state index < -0.39 is 17.8 Å². The van der Waals surface area contributed by atoms with Gasteiger partial charge in [-0.05, 0) is 23.8 Å². The zero-order chi connectivity index (χ0) is 16.6. The first-order chi connectivity index (χ1) is 10.8. The number of thiazole rings is 1. The van der Waals surface area contributed by atoms with E-state index in [1.165, 1.54) is 6.20 Å². The van der Waals surface area contributed by atoms with Gasteiger partial charge < -0.3 is 5.11 Å². The lowest BCUT2D eigenvalue weighted by molar-refractivity contribution is -0.137. The molecule has 2 aromatic heterocycles. The Morgan fingerprint density at radius 3 is 2.65 bits per heavy atom. The van der Waals surface area contributed by atoms with Crippen LogP contribution in [0.3, 0.4) is 0 Å². The maximum absolute atomic E-state index is 12.7. The number of nitrogens with one attached hydrogen (secondary N) is 1. The van der Waals surface area contributed by atoms with E-state index in [9.17, 15) is 18.0 Å². The summed E-state index contributed by atoms with van der Waals surface area (Å²) in [6, 6.07) is 5.90. The number of alkyl halides is 3. The van der Waals surface area contributed by atoms with Crippen molar-refractivity contribution in [3.05, 3.63) is 42.2 Å². The molecule has 5 nitrogen and oxygen atoms in total. The van der Waals surface area contributed by atoms with Gasteiger partial charge in [0.15, 0.2) is 5.13 Å². The summed E-state index contributed by atoms with van der Waals surface area (Å²) in [7, 11) is 0. The minimum absolute atomic E-state index is 0.201. The number of carboxylic acid groups (broad SMARTS) is 1. The number of hydrogen-bond acceptors (Lipinski definition) is 4. The van der Waals surface area contributed by atoms with Crippen molar-refractivity contribution >= 4 is 32.8 Å². The van der Waals surface area contributed by atoms with Crippen molar-refractivity contribution < 1.29 is 23.1 Å². The molecule has 0 radical (unpaired) electrons. The molecule has 0 atom stereocenters. The molecule has 2 heterocycles. The van der Waals surface area contributed by atoms with E-state index >= 15 is 0 Å². The lowest BCUT2D eigenvalue weighted by Crippen LogP contribution is -2.06. The first-order valence-corrected chi connectivity index (χ1v) is 7.08. The quantitative estimate of drug-likeness (QED) is 0.722. The van der Waals surface area contributed by atoms with Crippen LogP contribution in [0.1, 0.15) is 5.56 Å². The van der Waals surface area contributed by atoms with Crippen LogP contribution in [0, 0.1) is 0 Å². The van der Waals surface area contributed by atoms with E-state index in [1.54, 1.807) is 18.2 Å². The van der Waals surface area contributed by atoms with Crippen LogP contribution in [0.5, 0.6) is 0 Å². The first kappa shape index (κ1) is 15.2. The van der Waals surface area contributed by atoms with Crippen LogP contribution in [0.2, 0.25) is 0 Å². The minimum Gasteiger partial charge on any atom is -0.465 e. The van der Waals surface area contributed by atoms with Gasteiger partial charge in [0.1, 0.15) is 0 Å². The monoisotopic (exact) mass is 339 g/mol. The van der Waals surface area contributed by atoms with Crippen LogP contribution in [-0.2, 0) is 6.18 Å². The number of amides is 1. The third-order valence-corrected chi connectivity index (χ3v) is 3.93. The molecule has 0 aliphatic heterocycles. The van der Waals surface area contributed by atoms with Gasteiger partial charge >= 0.3 is 12.3 Å². The van der Waals surface area contributed by atoms with Crippen molar-refractivity contribution in [2.45, 2.75) is 6.18 Å². The zero-order valence-corrected chi connectivity index (χ0v) is 12.1. The van der Waals surface area contributed by atoms with Crippen LogP contribution in [-0.4, -0.2) is 21.2 Å². The maximum Gasteiger partial charge on any atom is 0.417 e. The van der Waals surface area contributed by atoms with Crippen molar-refractivity contribution in [2.24, 2.45) is 0 Å². The molecule has 9 heteroatoms. The predicted molar refractivity (Wildman–Crippen MR) is 79.5 cm³/mol. The van der Waals surface area contributed by atoms with Gasteiger partial charge in [0, 0.05) is 18.0 Å². The maximum atomic E-state index is 12.7. The number of anilines is 1. The SMILES string of the molecule is O=C(O)Nc1nc2ccc(-c3cncc(C(F)(F)F)c3)cc2s1. The van der Waals surface area contributed by atoms with Gasteiger partial charge in [-0.2, -0.15) is 13.2 Å². The van der Waals surface area contributed by atoms with Gasteiger partial charge in [0.05, 0.1) is 15.8 Å². The Kier molecular flexibility index (Phi) is 3.64. The predicted octanol–water partition coefficient (Wildman–Crippen LogP) is 4.47. The van der Waals surface area contributed by atoms with Gasteiger partial charge in [0.2, 0.25) is 0 Å². The normalized spacial score (nSPS) is 11.6. The van der Waals surface area contributed by atoms with Gasteiger partial charge in [0.25, 0.3) is 0 Å². The number of aromatic nitrogens is 2. The summed E-state index contributed by atoms with van der Waals surface area (Å²) < 4.78 is 38.9. The highest BCUT2D eigenvalue weighted by molar-refractivity contribution is 7.22. The van der Waals surface area contributed by atoms with Gasteiger partial charge in [-0.25, -0.2) is 9.78 Å². The van der Waals surface area contributed by atoms with Crippen molar-refractivity contribution in [2.75, 3.05) is 5.32 Å². The highest BCUT2D eigenvalue weighted by Crippen LogP contribution is 2.33. The number of rotatable bonds is 2. The molecule has 3 rings (SSSR count). The van der Waals surface area contributed by atoms with Crippen molar-refractivity contribution in [1.29, 1.82) is 0 Å². The molecule has 2 N–H and O–H groups in total. The number of carbonyl (C=O) groups is 1. The van der Waals surface area contributed by atoms with E-state index in [0.717, 1.165) is 23.6 Å². The van der Waals surface area contributed by atoms with Crippen molar-refractivity contribution in [3.63, 3.8) is 0 Å². The summed E-state index contributed by atoms with van der Waals surface area (Å²) in [6.07, 6.45) is -3.58. The Labute approximate surface area is 131 Å². The van der Waals surface area contributed by atoms with Crippen LogP contribution in [0.15, 0.2) is 36.7 Å². The molecule has 0 fully saturated rings. The molecule has 0 aliphatic carbocycles. The molecule has 3 aromatic rings. The Morgan fingerprint density at radius 1 is 1.17 bits per heavy atom. The number of benzene rings is 1. The Hall–Kier alpha value is -2.68. The standard InChI is InChI=1S/C14H8F3N3O2S/c15-14(16,17)9-3-8(5-18-6-9)7-1-2-10-11(4-7)23-12(19-10)20-13(21)22/h1-6H,(H,19,20)(H,21,22). The minimum atomic E-state index is -4.46. The number of pyridine rings is 1. The van der Waals surface area contributed by atoms with E-state index in [-0.39, 0.29) is 5.13 Å². The number of hydrogen-bond donors (Lipinski definition) is 2. The highest BCUT2D eigenvalue weighted by Gasteiger charge is 2.31. The van der Waals surface area contributed by atoms with E-state index in [0.29, 0.717) is 21.3 Å². The molecule has 0 bridgehead atoms. The van der Waals surface area contributed by atoms with Crippen molar-refractivity contribution in [1.82, 2.24) is 9.97 Å². The largest absolute Gasteiger partial charge is 0.465 e. The average molecular weight is 339 g/mol. The Morgan fingerprint density at radius 2 is 1.96 bits per heavy atom. The molecular formula is C14H8F3N3O2S. The fraction of sp³-hybridized carbons (Fsp3) is 0.0714. The third kappa shape index (κ3) is 3.24. The van der Waals surface area contributed by atoms with E-state index in [2.05, 4.69) is 15.3 Å². The molecule has 1 aromatic carbocycles. The summed E-state index contributed by atoms with van der Waals surface area (Å²) in [5.41, 5.74) is 0.597. The van der Waals surface area contributed by atoms with Crippen LogP contribution in [0.4, 0.5) is 23.1 Å². The second-order valence-corrected chi connectivity index (χ2v) is 5.62. The number of fused-ring (bicyclic) bond motifs is 1. The fourth-order valence-corrected chi connectivity index (χ4v) is 2.90. The third-order valence-electron chi connectivity index (χ3n) is 3.00.